The van der Waals surface area contributed by atoms with E-state index in [4.69, 9.17) is 10.8 Å². The number of primary amides is 1. The van der Waals surface area contributed by atoms with Crippen LogP contribution in [0.3, 0.4) is 0 Å². The van der Waals surface area contributed by atoms with Crippen molar-refractivity contribution in [1.29, 1.82) is 0 Å². The highest BCUT2D eigenvalue weighted by molar-refractivity contribution is 5.78. The van der Waals surface area contributed by atoms with Crippen molar-refractivity contribution in [3.63, 3.8) is 0 Å². The number of hydrogen-bond donors (Lipinski definition) is 2. The number of amides is 1. The van der Waals surface area contributed by atoms with Gasteiger partial charge in [0.15, 0.2) is 0 Å². The minimum Gasteiger partial charge on any atom is -0.396 e. The largest absolute Gasteiger partial charge is 0.396 e. The van der Waals surface area contributed by atoms with E-state index in [-0.39, 0.29) is 18.4 Å². The summed E-state index contributed by atoms with van der Waals surface area (Å²) in [7, 11) is 0. The topological polar surface area (TPSA) is 63.3 Å². The Morgan fingerprint density at radius 2 is 2.22 bits per heavy atom. The summed E-state index contributed by atoms with van der Waals surface area (Å²) in [6.07, 6.45) is 0. The van der Waals surface area contributed by atoms with Gasteiger partial charge >= 0.3 is 0 Å². The van der Waals surface area contributed by atoms with Gasteiger partial charge in [0.25, 0.3) is 0 Å². The molecule has 0 heterocycles. The van der Waals surface area contributed by atoms with Gasteiger partial charge in [-0.2, -0.15) is 0 Å². The normalized spacial score (nSPS) is 13.8. The second-order valence-corrected chi connectivity index (χ2v) is 2.13. The van der Waals surface area contributed by atoms with Crippen molar-refractivity contribution in [2.75, 3.05) is 6.61 Å². The first-order valence-electron chi connectivity index (χ1n) is 2.82. The van der Waals surface area contributed by atoms with E-state index in [2.05, 4.69) is 0 Å². The molecule has 9 heavy (non-hydrogen) atoms. The van der Waals surface area contributed by atoms with Gasteiger partial charge in [-0.05, 0) is 0 Å². The molecule has 0 fully saturated rings. The molecule has 3 heteroatoms. The lowest BCUT2D eigenvalue weighted by atomic mass is 9.97. The molecule has 0 saturated heterocycles. The summed E-state index contributed by atoms with van der Waals surface area (Å²) in [5.74, 6) is 0.0130. The molecule has 0 aromatic carbocycles. The Bertz CT molecular complexity index is 103. The Hall–Kier alpha value is -0.570. The van der Waals surface area contributed by atoms with Gasteiger partial charge in [0.2, 0.25) is 5.91 Å². The highest BCUT2D eigenvalue weighted by atomic mass is 16.3. The predicted molar refractivity (Wildman–Crippen MR) is 34.4 cm³/mol. The van der Waals surface area contributed by atoms with Crippen LogP contribution in [0, 0.1) is 11.8 Å². The van der Waals surface area contributed by atoms with E-state index in [1.807, 2.05) is 0 Å². The summed E-state index contributed by atoms with van der Waals surface area (Å²) in [6.45, 7) is 3.31. The molecule has 0 spiro atoms. The van der Waals surface area contributed by atoms with Crippen LogP contribution in [-0.4, -0.2) is 17.6 Å². The molecule has 1 radical (unpaired) electrons. The standard InChI is InChI=1S/C6H12NO2/c1-4(3-8)5(2)6(7)9/h5,8H,3H2,1-2H3,(H2,7,9). The second kappa shape index (κ2) is 3.45. The molecule has 0 bridgehead atoms. The molecule has 3 N–H and O–H groups in total. The van der Waals surface area contributed by atoms with E-state index in [9.17, 15) is 4.79 Å². The monoisotopic (exact) mass is 130 g/mol. The van der Waals surface area contributed by atoms with Gasteiger partial charge in [0.1, 0.15) is 0 Å². The molecular weight excluding hydrogens is 118 g/mol. The molecule has 0 rings (SSSR count). The molecule has 0 aromatic rings. The fourth-order valence-corrected chi connectivity index (χ4v) is 0.380. The fourth-order valence-electron chi connectivity index (χ4n) is 0.380. The van der Waals surface area contributed by atoms with Gasteiger partial charge in [0.05, 0.1) is 0 Å². The average Bonchev–Trinajstić information content (AvgIpc) is 1.84. The number of nitrogens with two attached hydrogens (primary N) is 1. The van der Waals surface area contributed by atoms with Crippen LogP contribution in [-0.2, 0) is 4.79 Å². The third-order valence-electron chi connectivity index (χ3n) is 1.42. The summed E-state index contributed by atoms with van der Waals surface area (Å²) < 4.78 is 0. The predicted octanol–water partition coefficient (Wildman–Crippen LogP) is -0.306. The Kier molecular flexibility index (Phi) is 3.24. The molecule has 1 atom stereocenters. The Balaban J connectivity index is 3.72. The van der Waals surface area contributed by atoms with E-state index >= 15 is 0 Å². The van der Waals surface area contributed by atoms with E-state index < -0.39 is 0 Å². The number of carbonyl (C=O) groups excluding carboxylic acids is 1. The maximum atomic E-state index is 10.4. The molecule has 53 valence electrons. The highest BCUT2D eigenvalue weighted by Gasteiger charge is 2.16. The Labute approximate surface area is 54.9 Å². The summed E-state index contributed by atoms with van der Waals surface area (Å²) in [6, 6.07) is 0. The molecule has 0 aromatic heterocycles. The molecule has 0 aliphatic rings. The van der Waals surface area contributed by atoms with E-state index in [1.165, 1.54) is 0 Å². The van der Waals surface area contributed by atoms with Gasteiger partial charge in [-0.1, -0.05) is 13.8 Å². The van der Waals surface area contributed by atoms with Gasteiger partial charge in [-0.3, -0.25) is 4.79 Å². The van der Waals surface area contributed by atoms with Gasteiger partial charge in [0, 0.05) is 18.4 Å². The fraction of sp³-hybridized carbons (Fsp3) is 0.667. The highest BCUT2D eigenvalue weighted by Crippen LogP contribution is 2.10. The summed E-state index contributed by atoms with van der Waals surface area (Å²) in [4.78, 5) is 10.4. The van der Waals surface area contributed by atoms with Crippen molar-refractivity contribution < 1.29 is 9.90 Å². The van der Waals surface area contributed by atoms with Crippen LogP contribution in [0.1, 0.15) is 13.8 Å². The van der Waals surface area contributed by atoms with Crippen LogP contribution in [0.25, 0.3) is 0 Å². The van der Waals surface area contributed by atoms with Crippen LogP contribution in [0.15, 0.2) is 0 Å². The van der Waals surface area contributed by atoms with Crippen LogP contribution >= 0.6 is 0 Å². The number of aliphatic hydroxyl groups excluding tert-OH is 1. The van der Waals surface area contributed by atoms with Crippen molar-refractivity contribution in [2.45, 2.75) is 13.8 Å². The first kappa shape index (κ1) is 8.43. The zero-order valence-electron chi connectivity index (χ0n) is 5.72. The van der Waals surface area contributed by atoms with Crippen LogP contribution < -0.4 is 5.73 Å². The van der Waals surface area contributed by atoms with Crippen LogP contribution in [0.4, 0.5) is 0 Å². The first-order valence-corrected chi connectivity index (χ1v) is 2.82. The number of carbonyl (C=O) groups is 1. The molecule has 1 unspecified atom stereocenters. The van der Waals surface area contributed by atoms with E-state index in [0.29, 0.717) is 5.92 Å². The van der Waals surface area contributed by atoms with Gasteiger partial charge in [-0.25, -0.2) is 0 Å². The van der Waals surface area contributed by atoms with Crippen molar-refractivity contribution in [3.8, 4) is 0 Å². The third-order valence-corrected chi connectivity index (χ3v) is 1.42. The minimum absolute atomic E-state index is 0.0654. The third kappa shape index (κ3) is 2.46. The summed E-state index contributed by atoms with van der Waals surface area (Å²) >= 11 is 0. The Morgan fingerprint density at radius 3 is 2.33 bits per heavy atom. The van der Waals surface area contributed by atoms with Crippen molar-refractivity contribution in [1.82, 2.24) is 0 Å². The van der Waals surface area contributed by atoms with Crippen molar-refractivity contribution in [2.24, 2.45) is 11.7 Å². The lowest BCUT2D eigenvalue weighted by Crippen LogP contribution is -2.26. The molecular formula is C6H12NO2. The summed E-state index contributed by atoms with van der Waals surface area (Å²) in [5.41, 5.74) is 4.94. The van der Waals surface area contributed by atoms with Crippen molar-refractivity contribution in [3.05, 3.63) is 5.92 Å². The number of hydrogen-bond acceptors (Lipinski definition) is 2. The smallest absolute Gasteiger partial charge is 0.220 e. The van der Waals surface area contributed by atoms with Crippen LogP contribution in [0.5, 0.6) is 0 Å². The molecule has 0 aliphatic heterocycles. The lowest BCUT2D eigenvalue weighted by Gasteiger charge is -2.11. The number of rotatable bonds is 3. The Morgan fingerprint density at radius 1 is 1.78 bits per heavy atom. The minimum atomic E-state index is -0.387. The van der Waals surface area contributed by atoms with Gasteiger partial charge < -0.3 is 10.8 Å². The SMILES string of the molecule is C[C](CO)C(C)C(N)=O. The lowest BCUT2D eigenvalue weighted by molar-refractivity contribution is -0.121. The van der Waals surface area contributed by atoms with Crippen LogP contribution in [0.2, 0.25) is 0 Å². The number of aliphatic hydroxyl groups is 1. The zero-order valence-corrected chi connectivity index (χ0v) is 5.72. The van der Waals surface area contributed by atoms with E-state index in [0.717, 1.165) is 0 Å². The zero-order chi connectivity index (χ0) is 7.44. The maximum Gasteiger partial charge on any atom is 0.220 e. The first-order chi connectivity index (χ1) is 4.09. The van der Waals surface area contributed by atoms with E-state index in [1.54, 1.807) is 13.8 Å². The summed E-state index contributed by atoms with van der Waals surface area (Å²) in [5, 5.41) is 8.51. The molecule has 0 aliphatic carbocycles. The molecule has 1 amide bonds. The van der Waals surface area contributed by atoms with Crippen molar-refractivity contribution >= 4 is 5.91 Å². The second-order valence-electron chi connectivity index (χ2n) is 2.13. The van der Waals surface area contributed by atoms with Gasteiger partial charge in [-0.15, -0.1) is 0 Å². The quantitative estimate of drug-likeness (QED) is 0.550. The average molecular weight is 130 g/mol. The maximum absolute atomic E-state index is 10.4. The molecule has 0 saturated carbocycles. The molecule has 3 nitrogen and oxygen atoms in total.